The summed E-state index contributed by atoms with van der Waals surface area (Å²) in [5.41, 5.74) is -1.51. The predicted molar refractivity (Wildman–Crippen MR) is 46.9 cm³/mol. The summed E-state index contributed by atoms with van der Waals surface area (Å²) in [6, 6.07) is 4.17. The van der Waals surface area contributed by atoms with Crippen molar-refractivity contribution < 1.29 is 8.96 Å². The van der Waals surface area contributed by atoms with Gasteiger partial charge in [0, 0.05) is 4.47 Å². The summed E-state index contributed by atoms with van der Waals surface area (Å²) >= 11 is 3.09. The second-order valence-electron chi connectivity index (χ2n) is 2.48. The maximum Gasteiger partial charge on any atom is 0.385 e. The summed E-state index contributed by atoms with van der Waals surface area (Å²) < 4.78 is 26.4. The first kappa shape index (κ1) is 8.43. The lowest BCUT2D eigenvalue weighted by Gasteiger charge is -1.90. The fraction of sp³-hybridized carbons (Fsp3) is 0. The quantitative estimate of drug-likeness (QED) is 0.701. The molecule has 0 saturated carbocycles. The SMILES string of the molecule is O=c1n(F)c2ccc(Br)cc2n1F. The van der Waals surface area contributed by atoms with Gasteiger partial charge in [0.2, 0.25) is 0 Å². The molecule has 68 valence electrons. The van der Waals surface area contributed by atoms with Crippen LogP contribution in [-0.2, 0) is 0 Å². The number of halogens is 3. The third-order valence-electron chi connectivity index (χ3n) is 1.70. The molecule has 1 aromatic carbocycles. The lowest BCUT2D eigenvalue weighted by atomic mass is 10.3. The van der Waals surface area contributed by atoms with Crippen molar-refractivity contribution in [2.24, 2.45) is 0 Å². The van der Waals surface area contributed by atoms with E-state index < -0.39 is 5.69 Å². The van der Waals surface area contributed by atoms with E-state index in [1.165, 1.54) is 18.2 Å². The van der Waals surface area contributed by atoms with E-state index in [0.717, 1.165) is 0 Å². The number of rotatable bonds is 0. The highest BCUT2D eigenvalue weighted by molar-refractivity contribution is 9.10. The summed E-state index contributed by atoms with van der Waals surface area (Å²) in [6.45, 7) is 0. The number of hydrogen-bond acceptors (Lipinski definition) is 1. The Morgan fingerprint density at radius 2 is 1.77 bits per heavy atom. The molecule has 0 atom stereocenters. The molecule has 13 heavy (non-hydrogen) atoms. The van der Waals surface area contributed by atoms with E-state index in [4.69, 9.17) is 0 Å². The van der Waals surface area contributed by atoms with E-state index in [2.05, 4.69) is 15.9 Å². The van der Waals surface area contributed by atoms with E-state index in [0.29, 0.717) is 4.47 Å². The zero-order valence-electron chi connectivity index (χ0n) is 6.17. The number of fused-ring (bicyclic) bond motifs is 1. The zero-order valence-corrected chi connectivity index (χ0v) is 7.75. The molecule has 1 aromatic heterocycles. The number of benzene rings is 1. The second-order valence-corrected chi connectivity index (χ2v) is 3.39. The first-order valence-corrected chi connectivity index (χ1v) is 4.16. The van der Waals surface area contributed by atoms with Crippen LogP contribution < -0.4 is 5.69 Å². The molecule has 0 radical (unpaired) electrons. The van der Waals surface area contributed by atoms with Gasteiger partial charge in [0.15, 0.2) is 0 Å². The van der Waals surface area contributed by atoms with Gasteiger partial charge in [-0.1, -0.05) is 24.9 Å². The van der Waals surface area contributed by atoms with Gasteiger partial charge in [-0.25, -0.2) is 4.79 Å². The fourth-order valence-corrected chi connectivity index (χ4v) is 1.45. The molecule has 0 unspecified atom stereocenters. The van der Waals surface area contributed by atoms with Gasteiger partial charge in [-0.15, -0.1) is 9.58 Å². The third-order valence-corrected chi connectivity index (χ3v) is 2.19. The van der Waals surface area contributed by atoms with Crippen LogP contribution in [0.5, 0.6) is 0 Å². The van der Waals surface area contributed by atoms with E-state index in [1.54, 1.807) is 0 Å². The molecule has 3 nitrogen and oxygen atoms in total. The van der Waals surface area contributed by atoms with Crippen molar-refractivity contribution in [1.29, 1.82) is 0 Å². The maximum atomic E-state index is 12.9. The van der Waals surface area contributed by atoms with Crippen LogP contribution >= 0.6 is 15.9 Å². The van der Waals surface area contributed by atoms with Crippen molar-refractivity contribution >= 4 is 27.0 Å². The lowest BCUT2D eigenvalue weighted by Crippen LogP contribution is -2.14. The molecule has 2 rings (SSSR count). The standard InChI is InChI=1S/C7H3BrF2N2O/c8-4-1-2-5-6(3-4)12(10)7(13)11(5)9/h1-3H. The Morgan fingerprint density at radius 3 is 2.46 bits per heavy atom. The van der Waals surface area contributed by atoms with E-state index in [1.807, 2.05) is 0 Å². The average molecular weight is 249 g/mol. The Morgan fingerprint density at radius 1 is 1.15 bits per heavy atom. The topological polar surface area (TPSA) is 26.9 Å². The third kappa shape index (κ3) is 1.09. The van der Waals surface area contributed by atoms with E-state index in [-0.39, 0.29) is 20.6 Å². The van der Waals surface area contributed by atoms with Crippen LogP contribution in [0, 0.1) is 0 Å². The number of nitrogens with zero attached hydrogens (tertiary/aromatic N) is 2. The monoisotopic (exact) mass is 248 g/mol. The minimum atomic E-state index is -1.33. The van der Waals surface area contributed by atoms with Crippen molar-refractivity contribution in [1.82, 2.24) is 9.58 Å². The molecule has 0 aliphatic carbocycles. The first-order chi connectivity index (χ1) is 6.11. The van der Waals surface area contributed by atoms with Gasteiger partial charge in [-0.3, -0.25) is 0 Å². The van der Waals surface area contributed by atoms with Gasteiger partial charge in [0.1, 0.15) is 11.0 Å². The summed E-state index contributed by atoms with van der Waals surface area (Å²) in [7, 11) is 0. The van der Waals surface area contributed by atoms with Gasteiger partial charge in [-0.05, 0) is 18.2 Å². The second kappa shape index (κ2) is 2.66. The summed E-state index contributed by atoms with van der Waals surface area (Å²) in [6.07, 6.45) is 0. The van der Waals surface area contributed by atoms with Gasteiger partial charge in [0.05, 0.1) is 0 Å². The zero-order chi connectivity index (χ0) is 9.59. The molecule has 2 aromatic rings. The number of aromatic nitrogens is 2. The van der Waals surface area contributed by atoms with Crippen LogP contribution in [0.3, 0.4) is 0 Å². The molecule has 0 aliphatic rings. The Labute approximate surface area is 79.2 Å². The molecular formula is C7H3BrF2N2O. The number of imidazole rings is 1. The van der Waals surface area contributed by atoms with E-state index >= 15 is 0 Å². The number of hydrogen-bond donors (Lipinski definition) is 0. The molecule has 6 heteroatoms. The molecule has 0 N–H and O–H groups in total. The van der Waals surface area contributed by atoms with Crippen LogP contribution in [0.2, 0.25) is 0 Å². The van der Waals surface area contributed by atoms with Crippen molar-refractivity contribution in [2.75, 3.05) is 0 Å². The Bertz CT molecular complexity index is 531. The smallest absolute Gasteiger partial charge is 0.242 e. The lowest BCUT2D eigenvalue weighted by molar-refractivity contribution is 0.308. The van der Waals surface area contributed by atoms with Gasteiger partial charge in [0.25, 0.3) is 0 Å². The summed E-state index contributed by atoms with van der Waals surface area (Å²) in [5, 5.41) is 0. The van der Waals surface area contributed by atoms with Crippen LogP contribution in [0.15, 0.2) is 27.5 Å². The van der Waals surface area contributed by atoms with Crippen molar-refractivity contribution in [3.05, 3.63) is 33.2 Å². The van der Waals surface area contributed by atoms with Crippen molar-refractivity contribution in [2.45, 2.75) is 0 Å². The van der Waals surface area contributed by atoms with Crippen molar-refractivity contribution in [3.8, 4) is 0 Å². The van der Waals surface area contributed by atoms with Crippen LogP contribution in [0.25, 0.3) is 11.0 Å². The highest BCUT2D eigenvalue weighted by atomic mass is 79.9. The van der Waals surface area contributed by atoms with Crippen molar-refractivity contribution in [3.63, 3.8) is 0 Å². The van der Waals surface area contributed by atoms with Crippen LogP contribution in [0.4, 0.5) is 8.96 Å². The molecule has 0 fully saturated rings. The minimum absolute atomic E-state index is 0.0873. The predicted octanol–water partition coefficient (Wildman–Crippen LogP) is 2.03. The molecule has 0 saturated heterocycles. The normalized spacial score (nSPS) is 11.0. The Balaban J connectivity index is 3.04. The summed E-state index contributed by atoms with van der Waals surface area (Å²) in [4.78, 5) is 10.3. The van der Waals surface area contributed by atoms with Crippen LogP contribution in [-0.4, -0.2) is 9.58 Å². The van der Waals surface area contributed by atoms with Gasteiger partial charge in [-0.2, -0.15) is 0 Å². The molecule has 0 spiro atoms. The van der Waals surface area contributed by atoms with Crippen LogP contribution in [0.1, 0.15) is 0 Å². The summed E-state index contributed by atoms with van der Waals surface area (Å²) in [5.74, 6) is 0. The molecule has 0 aliphatic heterocycles. The molecule has 1 heterocycles. The average Bonchev–Trinajstić information content (AvgIpc) is 2.32. The largest absolute Gasteiger partial charge is 0.385 e. The van der Waals surface area contributed by atoms with Gasteiger partial charge >= 0.3 is 5.69 Å². The Hall–Kier alpha value is -1.17. The van der Waals surface area contributed by atoms with E-state index in [9.17, 15) is 13.8 Å². The maximum absolute atomic E-state index is 12.9. The molecular weight excluding hydrogens is 246 g/mol. The Kier molecular flexibility index (Phi) is 1.73. The fourth-order valence-electron chi connectivity index (χ4n) is 1.10. The highest BCUT2D eigenvalue weighted by Gasteiger charge is 2.12. The highest BCUT2D eigenvalue weighted by Crippen LogP contribution is 2.18. The molecule has 0 bridgehead atoms. The molecule has 0 amide bonds. The first-order valence-electron chi connectivity index (χ1n) is 3.36. The van der Waals surface area contributed by atoms with Gasteiger partial charge < -0.3 is 0 Å². The minimum Gasteiger partial charge on any atom is -0.242 e.